The van der Waals surface area contributed by atoms with Crippen LogP contribution in [0.15, 0.2) is 18.2 Å². The summed E-state index contributed by atoms with van der Waals surface area (Å²) in [5, 5.41) is 15.6. The van der Waals surface area contributed by atoms with Crippen molar-refractivity contribution in [1.29, 1.82) is 0 Å². The van der Waals surface area contributed by atoms with E-state index < -0.39 is 11.6 Å². The van der Waals surface area contributed by atoms with E-state index in [1.165, 1.54) is 0 Å². The van der Waals surface area contributed by atoms with Gasteiger partial charge in [0.2, 0.25) is 0 Å². The number of hydrogen-bond acceptors (Lipinski definition) is 4. The molecule has 0 aliphatic heterocycles. The molecule has 1 atom stereocenters. The summed E-state index contributed by atoms with van der Waals surface area (Å²) in [6.45, 7) is 7.92. The summed E-state index contributed by atoms with van der Waals surface area (Å²) in [5.74, 6) is -0.143. The van der Waals surface area contributed by atoms with E-state index in [2.05, 4.69) is 10.6 Å². The van der Waals surface area contributed by atoms with Crippen molar-refractivity contribution in [3.05, 3.63) is 23.8 Å². The number of amides is 1. The topological polar surface area (TPSA) is 87.4 Å². The summed E-state index contributed by atoms with van der Waals surface area (Å²) >= 11 is 0. The van der Waals surface area contributed by atoms with Crippen LogP contribution in [0.2, 0.25) is 0 Å². The van der Waals surface area contributed by atoms with Crippen LogP contribution in [0.4, 0.5) is 11.4 Å². The Morgan fingerprint density at radius 1 is 1.47 bits per heavy atom. The Bertz CT molecular complexity index is 456. The minimum absolute atomic E-state index is 0.143. The maximum Gasteiger partial charge on any atom is 0.251 e. The van der Waals surface area contributed by atoms with Crippen LogP contribution in [0.3, 0.4) is 0 Å². The van der Waals surface area contributed by atoms with E-state index in [0.29, 0.717) is 23.5 Å². The molecule has 0 heterocycles. The summed E-state index contributed by atoms with van der Waals surface area (Å²) in [6, 6.07) is 5.09. The van der Waals surface area contributed by atoms with E-state index in [0.717, 1.165) is 0 Å². The van der Waals surface area contributed by atoms with Crippen molar-refractivity contribution in [2.45, 2.75) is 39.3 Å². The lowest BCUT2D eigenvalue weighted by atomic mass is 9.98. The maximum atomic E-state index is 11.7. The first-order valence-electron chi connectivity index (χ1n) is 6.42. The van der Waals surface area contributed by atoms with Gasteiger partial charge in [-0.2, -0.15) is 0 Å². The average Bonchev–Trinajstić information content (AvgIpc) is 2.31. The fourth-order valence-corrected chi connectivity index (χ4v) is 1.53. The van der Waals surface area contributed by atoms with Crippen LogP contribution in [0.25, 0.3) is 0 Å². The van der Waals surface area contributed by atoms with Gasteiger partial charge in [-0.15, -0.1) is 0 Å². The van der Waals surface area contributed by atoms with Gasteiger partial charge < -0.3 is 21.5 Å². The Morgan fingerprint density at radius 3 is 2.58 bits per heavy atom. The zero-order valence-electron chi connectivity index (χ0n) is 11.9. The second-order valence-corrected chi connectivity index (χ2v) is 5.18. The van der Waals surface area contributed by atoms with Crippen LogP contribution in [0.1, 0.15) is 38.1 Å². The molecule has 1 rings (SSSR count). The monoisotopic (exact) mass is 265 g/mol. The Balaban J connectivity index is 2.92. The fourth-order valence-electron chi connectivity index (χ4n) is 1.53. The first kappa shape index (κ1) is 15.3. The van der Waals surface area contributed by atoms with E-state index in [1.54, 1.807) is 25.1 Å². The lowest BCUT2D eigenvalue weighted by Gasteiger charge is -2.31. The van der Waals surface area contributed by atoms with E-state index in [-0.39, 0.29) is 5.91 Å². The zero-order valence-corrected chi connectivity index (χ0v) is 11.9. The molecule has 0 radical (unpaired) electrons. The van der Waals surface area contributed by atoms with Crippen LogP contribution in [0.5, 0.6) is 0 Å². The minimum atomic E-state index is -0.532. The van der Waals surface area contributed by atoms with Crippen LogP contribution in [0, 0.1) is 0 Å². The largest absolute Gasteiger partial charge is 0.397 e. The second-order valence-electron chi connectivity index (χ2n) is 5.18. The summed E-state index contributed by atoms with van der Waals surface area (Å²) in [4.78, 5) is 11.7. The van der Waals surface area contributed by atoms with Gasteiger partial charge in [0, 0.05) is 12.1 Å². The molecule has 1 aromatic carbocycles. The Hall–Kier alpha value is -1.75. The molecule has 0 aliphatic rings. The van der Waals surface area contributed by atoms with Gasteiger partial charge in [-0.05, 0) is 45.9 Å². The molecular formula is C14H23N3O2. The molecule has 106 valence electrons. The van der Waals surface area contributed by atoms with Gasteiger partial charge in [0.05, 0.1) is 23.0 Å². The van der Waals surface area contributed by atoms with Crippen molar-refractivity contribution >= 4 is 17.3 Å². The third kappa shape index (κ3) is 3.86. The van der Waals surface area contributed by atoms with Crippen LogP contribution in [-0.4, -0.2) is 29.2 Å². The number of nitrogens with one attached hydrogen (secondary N) is 2. The summed E-state index contributed by atoms with van der Waals surface area (Å²) < 4.78 is 0. The Morgan fingerprint density at radius 2 is 2.11 bits per heavy atom. The first-order valence-corrected chi connectivity index (χ1v) is 6.42. The van der Waals surface area contributed by atoms with E-state index >= 15 is 0 Å². The molecule has 0 fully saturated rings. The highest BCUT2D eigenvalue weighted by Gasteiger charge is 2.24. The van der Waals surface area contributed by atoms with Crippen LogP contribution in [-0.2, 0) is 0 Å². The standard InChI is InChI=1S/C14H23N3O2/c1-5-16-13(19)10-6-7-12(11(15)8-10)17-14(3,4)9(2)18/h6-9,17-18H,5,15H2,1-4H3,(H,16,19). The third-order valence-corrected chi connectivity index (χ3v) is 3.15. The molecule has 0 aromatic heterocycles. The number of benzene rings is 1. The molecule has 5 heteroatoms. The number of aliphatic hydroxyl groups is 1. The average molecular weight is 265 g/mol. The van der Waals surface area contributed by atoms with E-state index in [9.17, 15) is 9.90 Å². The molecule has 0 aliphatic carbocycles. The van der Waals surface area contributed by atoms with Crippen molar-refractivity contribution in [1.82, 2.24) is 5.32 Å². The second kappa shape index (κ2) is 5.93. The summed E-state index contributed by atoms with van der Waals surface area (Å²) in [7, 11) is 0. The van der Waals surface area contributed by atoms with Crippen molar-refractivity contribution < 1.29 is 9.90 Å². The van der Waals surface area contributed by atoms with Gasteiger partial charge in [0.1, 0.15) is 0 Å². The van der Waals surface area contributed by atoms with E-state index in [4.69, 9.17) is 5.73 Å². The van der Waals surface area contributed by atoms with E-state index in [1.807, 2.05) is 20.8 Å². The molecule has 0 saturated heterocycles. The predicted molar refractivity (Wildman–Crippen MR) is 78.2 cm³/mol. The number of anilines is 2. The minimum Gasteiger partial charge on any atom is -0.397 e. The molecule has 1 unspecified atom stereocenters. The molecule has 1 aromatic rings. The zero-order chi connectivity index (χ0) is 14.6. The van der Waals surface area contributed by atoms with Gasteiger partial charge in [0.15, 0.2) is 0 Å². The van der Waals surface area contributed by atoms with Gasteiger partial charge in [-0.25, -0.2) is 0 Å². The van der Waals surface area contributed by atoms with Crippen LogP contribution < -0.4 is 16.4 Å². The van der Waals surface area contributed by atoms with Crippen LogP contribution >= 0.6 is 0 Å². The molecule has 5 N–H and O–H groups in total. The predicted octanol–water partition coefficient (Wildman–Crippen LogP) is 1.59. The van der Waals surface area contributed by atoms with Gasteiger partial charge >= 0.3 is 0 Å². The normalized spacial score (nSPS) is 12.9. The summed E-state index contributed by atoms with van der Waals surface area (Å²) in [6.07, 6.45) is -0.532. The smallest absolute Gasteiger partial charge is 0.251 e. The number of nitrogen functional groups attached to an aromatic ring is 1. The Kier molecular flexibility index (Phi) is 4.78. The number of nitrogens with two attached hydrogens (primary N) is 1. The van der Waals surface area contributed by atoms with Gasteiger partial charge in [-0.3, -0.25) is 4.79 Å². The SMILES string of the molecule is CCNC(=O)c1ccc(NC(C)(C)C(C)O)c(N)c1. The molecule has 1 amide bonds. The maximum absolute atomic E-state index is 11.7. The van der Waals surface area contributed by atoms with Crippen molar-refractivity contribution in [3.63, 3.8) is 0 Å². The van der Waals surface area contributed by atoms with Crippen molar-refractivity contribution in [2.24, 2.45) is 0 Å². The fraction of sp³-hybridized carbons (Fsp3) is 0.500. The molecule has 0 bridgehead atoms. The number of carbonyl (C=O) groups is 1. The highest BCUT2D eigenvalue weighted by Crippen LogP contribution is 2.25. The first-order chi connectivity index (χ1) is 8.77. The molecular weight excluding hydrogens is 242 g/mol. The quantitative estimate of drug-likeness (QED) is 0.609. The lowest BCUT2D eigenvalue weighted by Crippen LogP contribution is -2.42. The summed E-state index contributed by atoms with van der Waals surface area (Å²) in [5.41, 5.74) is 7.16. The molecule has 5 nitrogen and oxygen atoms in total. The molecule has 0 saturated carbocycles. The number of rotatable bonds is 5. The highest BCUT2D eigenvalue weighted by atomic mass is 16.3. The number of aliphatic hydroxyl groups excluding tert-OH is 1. The number of carbonyl (C=O) groups excluding carboxylic acids is 1. The molecule has 0 spiro atoms. The van der Waals surface area contributed by atoms with Crippen molar-refractivity contribution in [2.75, 3.05) is 17.6 Å². The van der Waals surface area contributed by atoms with Gasteiger partial charge in [-0.1, -0.05) is 0 Å². The Labute approximate surface area is 114 Å². The number of hydrogen-bond donors (Lipinski definition) is 4. The third-order valence-electron chi connectivity index (χ3n) is 3.15. The molecule has 19 heavy (non-hydrogen) atoms. The lowest BCUT2D eigenvalue weighted by molar-refractivity contribution is 0.0956. The van der Waals surface area contributed by atoms with Gasteiger partial charge in [0.25, 0.3) is 5.91 Å². The highest BCUT2D eigenvalue weighted by molar-refractivity contribution is 5.96. The van der Waals surface area contributed by atoms with Crippen molar-refractivity contribution in [3.8, 4) is 0 Å².